The Bertz CT molecular complexity index is 357. The average Bonchev–Trinajstić information content (AvgIpc) is 2.97. The van der Waals surface area contributed by atoms with Crippen LogP contribution in [0.5, 0.6) is 0 Å². The molecule has 1 aliphatic carbocycles. The molecule has 1 nitrogen and oxygen atoms in total. The van der Waals surface area contributed by atoms with E-state index in [0.29, 0.717) is 16.9 Å². The van der Waals surface area contributed by atoms with E-state index in [2.05, 4.69) is 11.6 Å². The van der Waals surface area contributed by atoms with Crippen LogP contribution in [0.4, 0.5) is 8.78 Å². The van der Waals surface area contributed by atoms with Gasteiger partial charge >= 0.3 is 0 Å². The Morgan fingerprint density at radius 1 is 1.25 bits per heavy atom. The minimum Gasteiger partial charge on any atom is -0.311 e. The molecule has 0 saturated heterocycles. The number of nitrogens with one attached hydrogen (secondary N) is 1. The lowest BCUT2D eigenvalue weighted by atomic mass is 10.2. The molecule has 0 atom stereocenters. The van der Waals surface area contributed by atoms with Crippen molar-refractivity contribution in [3.8, 4) is 0 Å². The molecule has 0 aliphatic heterocycles. The van der Waals surface area contributed by atoms with E-state index < -0.39 is 11.6 Å². The first kappa shape index (κ1) is 11.9. The molecule has 0 radical (unpaired) electrons. The minimum atomic E-state index is -0.511. The summed E-state index contributed by atoms with van der Waals surface area (Å²) in [5, 5.41) is 3.26. The molecule has 1 N–H and O–H groups in total. The molecular weight excluding hydrogens is 228 g/mol. The van der Waals surface area contributed by atoms with Gasteiger partial charge in [-0.05, 0) is 36.8 Å². The van der Waals surface area contributed by atoms with E-state index >= 15 is 0 Å². The highest BCUT2D eigenvalue weighted by Gasteiger charge is 2.41. The Kier molecular flexibility index (Phi) is 3.50. The first-order valence-corrected chi connectivity index (χ1v) is 6.57. The molecule has 0 aromatic heterocycles. The van der Waals surface area contributed by atoms with E-state index in [1.54, 1.807) is 0 Å². The molecule has 1 saturated carbocycles. The molecule has 1 aliphatic rings. The summed E-state index contributed by atoms with van der Waals surface area (Å²) in [5.41, 5.74) is 0.661. The summed E-state index contributed by atoms with van der Waals surface area (Å²) >= 11 is 1.87. The first-order valence-electron chi connectivity index (χ1n) is 5.34. The molecule has 4 heteroatoms. The van der Waals surface area contributed by atoms with Gasteiger partial charge in [-0.15, -0.1) is 0 Å². The Morgan fingerprint density at radius 2 is 1.88 bits per heavy atom. The molecule has 0 amide bonds. The van der Waals surface area contributed by atoms with Crippen LogP contribution in [-0.4, -0.2) is 17.5 Å². The second-order valence-corrected chi connectivity index (χ2v) is 5.54. The second kappa shape index (κ2) is 4.72. The van der Waals surface area contributed by atoms with Gasteiger partial charge in [0.1, 0.15) is 11.6 Å². The Labute approximate surface area is 98.6 Å². The summed E-state index contributed by atoms with van der Waals surface area (Å²) in [7, 11) is 0. The molecule has 1 aromatic rings. The molecule has 2 rings (SSSR count). The van der Waals surface area contributed by atoms with E-state index in [-0.39, 0.29) is 0 Å². The zero-order chi connectivity index (χ0) is 11.6. The third kappa shape index (κ3) is 2.95. The largest absolute Gasteiger partial charge is 0.311 e. The molecular formula is C12H15F2NS. The van der Waals surface area contributed by atoms with Gasteiger partial charge in [0.2, 0.25) is 0 Å². The lowest BCUT2D eigenvalue weighted by Gasteiger charge is -2.13. The predicted octanol–water partition coefficient (Wildman–Crippen LogP) is 2.95. The van der Waals surface area contributed by atoms with E-state index in [4.69, 9.17) is 0 Å². The number of thioether (sulfide) groups is 1. The summed E-state index contributed by atoms with van der Waals surface area (Å²) in [6.07, 6.45) is 4.58. The maximum absolute atomic E-state index is 12.9. The van der Waals surface area contributed by atoms with Crippen molar-refractivity contribution in [2.45, 2.75) is 24.1 Å². The number of halogens is 2. The topological polar surface area (TPSA) is 12.0 Å². The van der Waals surface area contributed by atoms with Gasteiger partial charge in [0.25, 0.3) is 0 Å². The van der Waals surface area contributed by atoms with Crippen LogP contribution in [0.1, 0.15) is 18.4 Å². The van der Waals surface area contributed by atoms with Crippen molar-refractivity contribution < 1.29 is 8.78 Å². The lowest BCUT2D eigenvalue weighted by molar-refractivity contribution is 0.574. The molecule has 0 unspecified atom stereocenters. The second-order valence-electron chi connectivity index (χ2n) is 4.27. The van der Waals surface area contributed by atoms with Crippen LogP contribution in [0.25, 0.3) is 0 Å². The average molecular weight is 243 g/mol. The first-order chi connectivity index (χ1) is 7.63. The quantitative estimate of drug-likeness (QED) is 0.853. The van der Waals surface area contributed by atoms with Crippen molar-refractivity contribution in [1.29, 1.82) is 0 Å². The molecule has 0 bridgehead atoms. The summed E-state index contributed by atoms with van der Waals surface area (Å²) in [6, 6.07) is 3.64. The number of benzene rings is 1. The SMILES string of the molecule is CSC1(CNCc2cc(F)cc(F)c2)CC1. The van der Waals surface area contributed by atoms with Gasteiger partial charge in [-0.25, -0.2) is 8.78 Å². The van der Waals surface area contributed by atoms with Gasteiger partial charge in [0, 0.05) is 23.9 Å². The molecule has 16 heavy (non-hydrogen) atoms. The van der Waals surface area contributed by atoms with Crippen LogP contribution in [0, 0.1) is 11.6 Å². The van der Waals surface area contributed by atoms with Crippen LogP contribution in [0.15, 0.2) is 18.2 Å². The number of rotatable bonds is 5. The van der Waals surface area contributed by atoms with Gasteiger partial charge in [-0.2, -0.15) is 11.8 Å². The number of hydrogen-bond donors (Lipinski definition) is 1. The van der Waals surface area contributed by atoms with Crippen LogP contribution >= 0.6 is 11.8 Å². The maximum Gasteiger partial charge on any atom is 0.126 e. The highest BCUT2D eigenvalue weighted by molar-refractivity contribution is 8.00. The predicted molar refractivity (Wildman–Crippen MR) is 63.5 cm³/mol. The Balaban J connectivity index is 1.85. The van der Waals surface area contributed by atoms with Crippen molar-refractivity contribution in [1.82, 2.24) is 5.32 Å². The van der Waals surface area contributed by atoms with Crippen molar-refractivity contribution in [3.63, 3.8) is 0 Å². The fourth-order valence-corrected chi connectivity index (χ4v) is 2.50. The summed E-state index contributed by atoms with van der Waals surface area (Å²) in [4.78, 5) is 0. The fraction of sp³-hybridized carbons (Fsp3) is 0.500. The summed E-state index contributed by atoms with van der Waals surface area (Å²) < 4.78 is 26.2. The van der Waals surface area contributed by atoms with Gasteiger partial charge in [-0.3, -0.25) is 0 Å². The zero-order valence-corrected chi connectivity index (χ0v) is 10.0. The minimum absolute atomic E-state index is 0.381. The van der Waals surface area contributed by atoms with Crippen molar-refractivity contribution in [2.75, 3.05) is 12.8 Å². The normalized spacial score (nSPS) is 17.4. The van der Waals surface area contributed by atoms with E-state index in [9.17, 15) is 8.78 Å². The Hall–Kier alpha value is -0.610. The molecule has 1 aromatic carbocycles. The van der Waals surface area contributed by atoms with Crippen molar-refractivity contribution in [3.05, 3.63) is 35.4 Å². The van der Waals surface area contributed by atoms with Crippen LogP contribution < -0.4 is 5.32 Å². The maximum atomic E-state index is 12.9. The van der Waals surface area contributed by atoms with Crippen molar-refractivity contribution in [2.24, 2.45) is 0 Å². The lowest BCUT2D eigenvalue weighted by Crippen LogP contribution is -2.25. The Morgan fingerprint density at radius 3 is 2.38 bits per heavy atom. The van der Waals surface area contributed by atoms with Crippen LogP contribution in [0.3, 0.4) is 0 Å². The molecule has 88 valence electrons. The summed E-state index contributed by atoms with van der Waals surface area (Å²) in [6.45, 7) is 1.43. The standard InChI is InChI=1S/C12H15F2NS/c1-16-12(2-3-12)8-15-7-9-4-10(13)6-11(14)5-9/h4-6,15H,2-3,7-8H2,1H3. The molecule has 0 spiro atoms. The smallest absolute Gasteiger partial charge is 0.126 e. The van der Waals surface area contributed by atoms with Gasteiger partial charge in [0.15, 0.2) is 0 Å². The monoisotopic (exact) mass is 243 g/mol. The fourth-order valence-electron chi connectivity index (χ4n) is 1.74. The third-order valence-electron chi connectivity index (χ3n) is 2.94. The van der Waals surface area contributed by atoms with Gasteiger partial charge < -0.3 is 5.32 Å². The number of hydrogen-bond acceptors (Lipinski definition) is 2. The van der Waals surface area contributed by atoms with Gasteiger partial charge in [0.05, 0.1) is 0 Å². The molecule has 1 fully saturated rings. The third-order valence-corrected chi connectivity index (χ3v) is 4.36. The summed E-state index contributed by atoms with van der Waals surface area (Å²) in [5.74, 6) is -1.02. The van der Waals surface area contributed by atoms with E-state index in [1.165, 1.54) is 25.0 Å². The highest BCUT2D eigenvalue weighted by Crippen LogP contribution is 2.46. The van der Waals surface area contributed by atoms with Crippen molar-refractivity contribution >= 4 is 11.8 Å². The molecule has 0 heterocycles. The van der Waals surface area contributed by atoms with E-state index in [0.717, 1.165) is 12.6 Å². The van der Waals surface area contributed by atoms with Crippen LogP contribution in [0.2, 0.25) is 0 Å². The van der Waals surface area contributed by atoms with Gasteiger partial charge in [-0.1, -0.05) is 0 Å². The zero-order valence-electron chi connectivity index (χ0n) is 9.22. The van der Waals surface area contributed by atoms with E-state index in [1.807, 2.05) is 11.8 Å². The highest BCUT2D eigenvalue weighted by atomic mass is 32.2. The van der Waals surface area contributed by atoms with Crippen LogP contribution in [-0.2, 0) is 6.54 Å².